The average molecular weight is 234 g/mol. The molecule has 0 amide bonds. The van der Waals surface area contributed by atoms with E-state index in [9.17, 15) is 10.1 Å². The Bertz CT molecular complexity index is 472. The zero-order chi connectivity index (χ0) is 12.8. The second-order valence-corrected chi connectivity index (χ2v) is 3.68. The van der Waals surface area contributed by atoms with Crippen molar-refractivity contribution in [2.45, 2.75) is 0 Å². The van der Waals surface area contributed by atoms with Gasteiger partial charge in [-0.25, -0.2) is 0 Å². The fraction of sp³-hybridized carbons (Fsp3) is 0.333. The highest BCUT2D eigenvalue weighted by atomic mass is 16.6. The number of methoxy groups -OCH3 is 1. The van der Waals surface area contributed by atoms with Gasteiger partial charge in [0.2, 0.25) is 0 Å². The standard InChI is InChI=1S/C12H14N2O3/c1-13(2)8-4-5-10-6-7-12(17-3)11(9-10)14(15)16/h6-7,9H,8H2,1-3H3. The van der Waals surface area contributed by atoms with Crippen LogP contribution in [0.4, 0.5) is 5.69 Å². The van der Waals surface area contributed by atoms with Gasteiger partial charge in [-0.05, 0) is 26.2 Å². The Morgan fingerprint density at radius 2 is 2.18 bits per heavy atom. The monoisotopic (exact) mass is 234 g/mol. The zero-order valence-electron chi connectivity index (χ0n) is 10.1. The van der Waals surface area contributed by atoms with Crippen molar-refractivity contribution in [2.75, 3.05) is 27.7 Å². The Balaban J connectivity index is 2.99. The summed E-state index contributed by atoms with van der Waals surface area (Å²) in [4.78, 5) is 12.2. The molecule has 0 radical (unpaired) electrons. The van der Waals surface area contributed by atoms with Crippen LogP contribution in [0.25, 0.3) is 0 Å². The summed E-state index contributed by atoms with van der Waals surface area (Å²) in [6.07, 6.45) is 0. The van der Waals surface area contributed by atoms with Crippen molar-refractivity contribution in [3.63, 3.8) is 0 Å². The van der Waals surface area contributed by atoms with Gasteiger partial charge >= 0.3 is 5.69 Å². The molecule has 0 aliphatic carbocycles. The second kappa shape index (κ2) is 5.87. The number of hydrogen-bond donors (Lipinski definition) is 0. The second-order valence-electron chi connectivity index (χ2n) is 3.68. The Morgan fingerprint density at radius 1 is 1.47 bits per heavy atom. The third kappa shape index (κ3) is 3.78. The fourth-order valence-corrected chi connectivity index (χ4v) is 1.21. The summed E-state index contributed by atoms with van der Waals surface area (Å²) in [5, 5.41) is 10.8. The van der Waals surface area contributed by atoms with Crippen molar-refractivity contribution in [3.8, 4) is 17.6 Å². The largest absolute Gasteiger partial charge is 0.490 e. The number of hydrogen-bond acceptors (Lipinski definition) is 4. The van der Waals surface area contributed by atoms with E-state index in [1.807, 2.05) is 19.0 Å². The number of ether oxygens (including phenoxy) is 1. The number of nitro groups is 1. The molecule has 0 spiro atoms. The van der Waals surface area contributed by atoms with Gasteiger partial charge < -0.3 is 4.74 Å². The summed E-state index contributed by atoms with van der Waals surface area (Å²) < 4.78 is 4.91. The first-order chi connectivity index (χ1) is 8.04. The molecule has 90 valence electrons. The molecule has 0 heterocycles. The van der Waals surface area contributed by atoms with Crippen LogP contribution in [0.15, 0.2) is 18.2 Å². The quantitative estimate of drug-likeness (QED) is 0.452. The lowest BCUT2D eigenvalue weighted by molar-refractivity contribution is -0.385. The normalized spacial score (nSPS) is 9.65. The van der Waals surface area contributed by atoms with Crippen LogP contribution in [0, 0.1) is 22.0 Å². The van der Waals surface area contributed by atoms with Crippen LogP contribution in [-0.4, -0.2) is 37.6 Å². The van der Waals surface area contributed by atoms with Gasteiger partial charge in [0.05, 0.1) is 18.6 Å². The highest BCUT2D eigenvalue weighted by molar-refractivity contribution is 5.52. The molecule has 0 aromatic heterocycles. The van der Waals surface area contributed by atoms with Gasteiger partial charge in [-0.1, -0.05) is 11.8 Å². The molecule has 0 saturated heterocycles. The summed E-state index contributed by atoms with van der Waals surface area (Å²) >= 11 is 0. The molecule has 0 aliphatic heterocycles. The van der Waals surface area contributed by atoms with E-state index >= 15 is 0 Å². The molecule has 0 fully saturated rings. The summed E-state index contributed by atoms with van der Waals surface area (Å²) in [7, 11) is 5.22. The molecular weight excluding hydrogens is 220 g/mol. The first-order valence-electron chi connectivity index (χ1n) is 5.00. The maximum Gasteiger partial charge on any atom is 0.312 e. The lowest BCUT2D eigenvalue weighted by atomic mass is 10.2. The van der Waals surface area contributed by atoms with Crippen molar-refractivity contribution < 1.29 is 9.66 Å². The highest BCUT2D eigenvalue weighted by Crippen LogP contribution is 2.26. The van der Waals surface area contributed by atoms with Gasteiger partial charge in [-0.3, -0.25) is 15.0 Å². The van der Waals surface area contributed by atoms with Crippen molar-refractivity contribution in [2.24, 2.45) is 0 Å². The van der Waals surface area contributed by atoms with Gasteiger partial charge in [0, 0.05) is 11.6 Å². The van der Waals surface area contributed by atoms with Crippen LogP contribution in [0.2, 0.25) is 0 Å². The van der Waals surface area contributed by atoms with E-state index in [0.717, 1.165) is 0 Å². The van der Waals surface area contributed by atoms with Gasteiger partial charge in [0.1, 0.15) is 0 Å². The van der Waals surface area contributed by atoms with Crippen LogP contribution in [0.1, 0.15) is 5.56 Å². The van der Waals surface area contributed by atoms with E-state index in [-0.39, 0.29) is 11.4 Å². The summed E-state index contributed by atoms with van der Waals surface area (Å²) in [6, 6.07) is 4.67. The number of nitrogens with zero attached hydrogens (tertiary/aromatic N) is 2. The third-order valence-electron chi connectivity index (χ3n) is 2.00. The molecule has 0 unspecified atom stereocenters. The number of benzene rings is 1. The Kier molecular flexibility index (Phi) is 4.49. The molecule has 5 nitrogen and oxygen atoms in total. The molecule has 17 heavy (non-hydrogen) atoms. The van der Waals surface area contributed by atoms with Crippen molar-refractivity contribution in [1.82, 2.24) is 4.90 Å². The van der Waals surface area contributed by atoms with E-state index < -0.39 is 4.92 Å². The summed E-state index contributed by atoms with van der Waals surface area (Å²) in [5.74, 6) is 6.03. The van der Waals surface area contributed by atoms with E-state index in [0.29, 0.717) is 12.1 Å². The minimum Gasteiger partial charge on any atom is -0.490 e. The van der Waals surface area contributed by atoms with Gasteiger partial charge in [0.15, 0.2) is 5.75 Å². The van der Waals surface area contributed by atoms with Crippen molar-refractivity contribution in [3.05, 3.63) is 33.9 Å². The number of nitro benzene ring substituents is 1. The molecule has 0 atom stereocenters. The summed E-state index contributed by atoms with van der Waals surface area (Å²) in [5.41, 5.74) is 0.545. The average Bonchev–Trinajstić information content (AvgIpc) is 2.28. The van der Waals surface area contributed by atoms with E-state index in [1.54, 1.807) is 12.1 Å². The van der Waals surface area contributed by atoms with Crippen LogP contribution in [-0.2, 0) is 0 Å². The maximum absolute atomic E-state index is 10.8. The maximum atomic E-state index is 10.8. The number of rotatable bonds is 3. The fourth-order valence-electron chi connectivity index (χ4n) is 1.21. The Labute approximate surface area is 100 Å². The zero-order valence-corrected chi connectivity index (χ0v) is 10.1. The van der Waals surface area contributed by atoms with E-state index in [4.69, 9.17) is 4.74 Å². The van der Waals surface area contributed by atoms with Gasteiger partial charge in [-0.2, -0.15) is 0 Å². The minimum absolute atomic E-state index is 0.0656. The van der Waals surface area contributed by atoms with Crippen LogP contribution >= 0.6 is 0 Å². The molecule has 1 aromatic carbocycles. The third-order valence-corrected chi connectivity index (χ3v) is 2.00. The van der Waals surface area contributed by atoms with E-state index in [1.165, 1.54) is 13.2 Å². The Morgan fingerprint density at radius 3 is 2.71 bits per heavy atom. The first kappa shape index (κ1) is 13.0. The van der Waals surface area contributed by atoms with Crippen molar-refractivity contribution in [1.29, 1.82) is 0 Å². The van der Waals surface area contributed by atoms with Gasteiger partial charge in [-0.15, -0.1) is 0 Å². The minimum atomic E-state index is -0.476. The topological polar surface area (TPSA) is 55.6 Å². The van der Waals surface area contributed by atoms with Crippen LogP contribution < -0.4 is 4.74 Å². The van der Waals surface area contributed by atoms with Crippen molar-refractivity contribution >= 4 is 5.69 Å². The SMILES string of the molecule is COc1ccc(C#CCN(C)C)cc1[N+](=O)[O-]. The predicted octanol–water partition coefficient (Wildman–Crippen LogP) is 1.52. The lowest BCUT2D eigenvalue weighted by Crippen LogP contribution is -2.10. The summed E-state index contributed by atoms with van der Waals surface area (Å²) in [6.45, 7) is 0.611. The molecule has 5 heteroatoms. The van der Waals surface area contributed by atoms with Crippen LogP contribution in [0.3, 0.4) is 0 Å². The molecule has 0 saturated carbocycles. The van der Waals surface area contributed by atoms with Crippen LogP contribution in [0.5, 0.6) is 5.75 Å². The highest BCUT2D eigenvalue weighted by Gasteiger charge is 2.14. The Hall–Kier alpha value is -2.06. The molecule has 1 aromatic rings. The van der Waals surface area contributed by atoms with Gasteiger partial charge in [0.25, 0.3) is 0 Å². The molecule has 0 N–H and O–H groups in total. The molecule has 0 bridgehead atoms. The molecule has 1 rings (SSSR count). The molecule has 0 aliphatic rings. The first-order valence-corrected chi connectivity index (χ1v) is 5.00. The lowest BCUT2D eigenvalue weighted by Gasteiger charge is -2.02. The smallest absolute Gasteiger partial charge is 0.312 e. The van der Waals surface area contributed by atoms with E-state index in [2.05, 4.69) is 11.8 Å². The molecular formula is C12H14N2O3. The predicted molar refractivity (Wildman–Crippen MR) is 65.1 cm³/mol.